The van der Waals surface area contributed by atoms with Crippen LogP contribution < -0.4 is 52.0 Å². The zero-order valence-electron chi connectivity index (χ0n) is 79.8. The summed E-state index contributed by atoms with van der Waals surface area (Å²) in [6.45, 7) is 7.36. The SMILES string of the molecule is C=C(Nc1ccccc1NC(=O)c1cccc(Cl)c1)c1cccc(Cl)c1.CCCNC(=O)CC(=O)c1ccccc1.O=C(COc1ccc(I)cc1)N[C@H]1CCCC1=O.O=C(CSc1nc2ccc([N+](=O)[O-])cc2[nH]1)Nc1ccc(Oc2ccccc2)cc1.O=C(Cc1cccc([N+](=O)[O-])c1)N[C@H]1CCCC1=O.O=C(NCCc1ccc(Br)cc1)c1ccccc1[N+](=O)[O-].O=C(NCc1ccc(I)cc1)c1ccccc1[N+](=O)[O-]. The summed E-state index contributed by atoms with van der Waals surface area (Å²) in [5, 5.41) is 67.2. The molecule has 149 heavy (non-hydrogen) atoms. The van der Waals surface area contributed by atoms with E-state index in [-0.39, 0.29) is 118 Å². The predicted octanol–water partition coefficient (Wildman–Crippen LogP) is 22.9. The highest BCUT2D eigenvalue weighted by atomic mass is 127. The zero-order chi connectivity index (χ0) is 107. The maximum absolute atomic E-state index is 12.5. The van der Waals surface area contributed by atoms with Crippen LogP contribution in [-0.2, 0) is 48.2 Å². The number of carbonyl (C=O) groups excluding carboxylic acids is 10. The number of carbonyl (C=O) groups is 10. The summed E-state index contributed by atoms with van der Waals surface area (Å²) in [6, 6.07) is 91.4. The number of amides is 7. The molecule has 766 valence electrons. The molecule has 40 heteroatoms. The standard InChI is InChI=1S/C21H16Cl2N2O.C21H16N4O4S.C15H13BrN2O3.C14H11IN2O3.C13H14INO3.C13H14N2O4.C12H15NO2/c1-14(15-6-4-8-17(22)12-15)24-19-10-2-3-11-20(19)25-21(26)16-7-5-9-18(23)13-16;26-20(13-30-21-23-18-11-8-15(25(27)28)12-19(18)24-21)22-14-6-9-17(10-7-14)29-16-4-2-1-3-5-16;16-12-7-5-11(6-8-12)9-10-17-15(19)13-3-1-2-4-14(13)18(20)21;15-11-7-5-10(6-8-11)9-16-14(18)12-3-1-2-4-13(12)17(19)20;14-9-4-6-10(7-5-9)18-8-13(17)15-11-2-1-3-12(11)16;16-12-6-2-5-11(12)14-13(17)8-9-3-1-4-10(7-9)15(18)19;1-2-8-13-12(15)9-11(14)10-6-4-3-5-7-10/h2-13,24H,1H2,(H,25,26);1-12H,13H2,(H,22,26)(H,23,24);1-8H,9-10H2,(H,17,19);1-8H,9H2,(H,16,18);4-7,11H,1-3,8H2,(H,15,17);1,3-4,7,11H,2,5-6,8H2,(H,14,17);3-7H,2,8-9H2,1H3,(H,13,15)/t;;;;2*11-;/m....00./s1. The van der Waals surface area contributed by atoms with Crippen LogP contribution in [0.3, 0.4) is 0 Å². The van der Waals surface area contributed by atoms with Crippen molar-refractivity contribution in [3.8, 4) is 17.2 Å². The second-order valence-corrected chi connectivity index (χ2v) is 37.8. The first kappa shape index (κ1) is 115. The molecule has 16 rings (SSSR count). The number of hydrogen-bond donors (Lipinski definition) is 9. The van der Waals surface area contributed by atoms with Gasteiger partial charge in [0.25, 0.3) is 46.4 Å². The number of ketones is 3. The van der Waals surface area contributed by atoms with E-state index >= 15 is 0 Å². The van der Waals surface area contributed by atoms with Gasteiger partial charge in [-0.15, -0.1) is 0 Å². The molecule has 2 atom stereocenters. The molecule has 2 saturated carbocycles. The first-order chi connectivity index (χ1) is 71.7. The van der Waals surface area contributed by atoms with E-state index in [2.05, 4.69) is 120 Å². The van der Waals surface area contributed by atoms with E-state index in [1.54, 1.807) is 109 Å². The Kier molecular flexibility index (Phi) is 46.7. The number of fused-ring (bicyclic) bond motifs is 1. The lowest BCUT2D eigenvalue weighted by atomic mass is 10.1. The number of nitro benzene ring substituents is 4. The Balaban J connectivity index is 0.000000180. The second kappa shape index (κ2) is 60.4. The van der Waals surface area contributed by atoms with Crippen molar-refractivity contribution >= 4 is 211 Å². The molecule has 1 aromatic heterocycles. The number of hydrogen-bond acceptors (Lipinski definition) is 23. The summed E-state index contributed by atoms with van der Waals surface area (Å²) in [6.07, 6.45) is 5.71. The lowest BCUT2D eigenvalue weighted by molar-refractivity contribution is -0.385. The van der Waals surface area contributed by atoms with Crippen molar-refractivity contribution in [1.29, 1.82) is 0 Å². The highest BCUT2D eigenvalue weighted by Crippen LogP contribution is 2.31. The Morgan fingerprint density at radius 1 is 0.477 bits per heavy atom. The quantitative estimate of drug-likeness (QED) is 0.00452. The van der Waals surface area contributed by atoms with Crippen LogP contribution in [0.1, 0.15) is 122 Å². The maximum Gasteiger partial charge on any atom is 0.282 e. The summed E-state index contributed by atoms with van der Waals surface area (Å²) >= 11 is 21.0. The average Bonchev–Trinajstić information content (AvgIpc) is 1.66. The van der Waals surface area contributed by atoms with Gasteiger partial charge in [0.1, 0.15) is 28.4 Å². The predicted molar refractivity (Wildman–Crippen MR) is 593 cm³/mol. The van der Waals surface area contributed by atoms with Crippen molar-refractivity contribution in [3.05, 3.63) is 435 Å². The number of imidazole rings is 1. The summed E-state index contributed by atoms with van der Waals surface area (Å²) in [5.41, 5.74) is 8.13. The van der Waals surface area contributed by atoms with Gasteiger partial charge in [-0.2, -0.15) is 0 Å². The van der Waals surface area contributed by atoms with Gasteiger partial charge < -0.3 is 57.0 Å². The van der Waals surface area contributed by atoms with Crippen molar-refractivity contribution in [2.45, 2.75) is 94.9 Å². The molecule has 2 aliphatic rings. The largest absolute Gasteiger partial charge is 0.484 e. The van der Waals surface area contributed by atoms with Gasteiger partial charge in [-0.1, -0.05) is 204 Å². The van der Waals surface area contributed by atoms with Gasteiger partial charge in [0.2, 0.25) is 17.7 Å². The number of para-hydroxylation sites is 5. The number of Topliss-reactive ketones (excluding diaryl/α,β-unsaturated/α-hetero) is 3. The van der Waals surface area contributed by atoms with Crippen molar-refractivity contribution in [1.82, 2.24) is 36.6 Å². The summed E-state index contributed by atoms with van der Waals surface area (Å²) in [7, 11) is 0. The molecule has 0 unspecified atom stereocenters. The molecular formula is C109H99BrCl2I2N14O20S. The van der Waals surface area contributed by atoms with E-state index in [1.807, 2.05) is 159 Å². The molecule has 2 fully saturated rings. The molecule has 0 saturated heterocycles. The number of benzene rings is 13. The Labute approximate surface area is 905 Å². The number of aromatic amines is 1. The Hall–Kier alpha value is -15.8. The van der Waals surface area contributed by atoms with Crippen LogP contribution >= 0.6 is 96.1 Å². The van der Waals surface area contributed by atoms with E-state index < -0.39 is 31.5 Å². The fourth-order valence-corrected chi connectivity index (χ4v) is 16.1. The van der Waals surface area contributed by atoms with Gasteiger partial charge in [-0.3, -0.25) is 88.4 Å². The van der Waals surface area contributed by atoms with Crippen molar-refractivity contribution in [3.63, 3.8) is 0 Å². The van der Waals surface area contributed by atoms with Gasteiger partial charge in [0.15, 0.2) is 29.1 Å². The minimum atomic E-state index is -0.556. The summed E-state index contributed by atoms with van der Waals surface area (Å²) in [5.74, 6) is 0.225. The first-order valence-electron chi connectivity index (χ1n) is 46.1. The van der Waals surface area contributed by atoms with Crippen LogP contribution in [-0.4, -0.2) is 126 Å². The second-order valence-electron chi connectivity index (χ2n) is 32.5. The number of anilines is 3. The first-order valence-corrected chi connectivity index (χ1v) is 50.8. The van der Waals surface area contributed by atoms with Crippen LogP contribution in [0.5, 0.6) is 17.2 Å². The van der Waals surface area contributed by atoms with Gasteiger partial charge in [-0.05, 0) is 252 Å². The number of aromatic nitrogens is 2. The van der Waals surface area contributed by atoms with Crippen molar-refractivity contribution in [2.24, 2.45) is 0 Å². The molecule has 0 bridgehead atoms. The van der Waals surface area contributed by atoms with E-state index in [9.17, 15) is 88.4 Å². The Morgan fingerprint density at radius 2 is 0.987 bits per heavy atom. The van der Waals surface area contributed by atoms with E-state index in [0.29, 0.717) is 117 Å². The zero-order valence-corrected chi connectivity index (χ0v) is 88.0. The van der Waals surface area contributed by atoms with Crippen LogP contribution in [0.25, 0.3) is 16.7 Å². The number of thioether (sulfide) groups is 1. The number of nitro groups is 4. The summed E-state index contributed by atoms with van der Waals surface area (Å²) in [4.78, 5) is 166. The Bertz CT molecular complexity index is 6970. The molecule has 14 aromatic rings. The van der Waals surface area contributed by atoms with Crippen molar-refractivity contribution in [2.75, 3.05) is 41.4 Å². The smallest absolute Gasteiger partial charge is 0.282 e. The third-order valence-electron chi connectivity index (χ3n) is 21.4. The highest BCUT2D eigenvalue weighted by Gasteiger charge is 2.29. The number of rotatable bonds is 34. The monoisotopic (exact) mass is 2360 g/mol. The molecular weight excluding hydrogens is 2260 g/mol. The van der Waals surface area contributed by atoms with Crippen LogP contribution in [0.2, 0.25) is 10.0 Å². The number of nitrogens with zero attached hydrogens (tertiary/aromatic N) is 5. The molecule has 0 spiro atoms. The van der Waals surface area contributed by atoms with Gasteiger partial charge in [0, 0.05) is 113 Å². The maximum atomic E-state index is 12.5. The molecule has 2 aliphatic carbocycles. The average molecular weight is 2360 g/mol. The number of halogens is 5. The van der Waals surface area contributed by atoms with E-state index in [1.165, 1.54) is 72.4 Å². The molecule has 34 nitrogen and oxygen atoms in total. The third kappa shape index (κ3) is 39.9. The highest BCUT2D eigenvalue weighted by molar-refractivity contribution is 14.1. The van der Waals surface area contributed by atoms with Crippen LogP contribution in [0.4, 0.5) is 39.8 Å². The third-order valence-corrected chi connectivity index (χ3v) is 24.8. The minimum Gasteiger partial charge on any atom is -0.484 e. The van der Waals surface area contributed by atoms with Crippen molar-refractivity contribution < 1.29 is 77.1 Å². The van der Waals surface area contributed by atoms with E-state index in [4.69, 9.17) is 32.7 Å². The van der Waals surface area contributed by atoms with Gasteiger partial charge in [0.05, 0.1) is 72.8 Å². The van der Waals surface area contributed by atoms with E-state index in [0.717, 1.165) is 65.4 Å². The lowest BCUT2D eigenvalue weighted by Crippen LogP contribution is -2.40. The van der Waals surface area contributed by atoms with Gasteiger partial charge in [-0.25, -0.2) is 4.98 Å². The molecule has 0 aliphatic heterocycles. The molecule has 9 N–H and O–H groups in total. The van der Waals surface area contributed by atoms with Crippen LogP contribution in [0, 0.1) is 47.6 Å². The minimum absolute atomic E-state index is 0.0138. The molecule has 13 aromatic carbocycles. The molecule has 0 radical (unpaired) electrons. The number of non-ortho nitro benzene ring substituents is 2. The fourth-order valence-electron chi connectivity index (χ4n) is 14.0. The Morgan fingerprint density at radius 3 is 1.56 bits per heavy atom. The number of ether oxygens (including phenoxy) is 2. The number of nitrogens with one attached hydrogen (secondary N) is 9. The topological polar surface area (TPSA) is 487 Å². The lowest BCUT2D eigenvalue weighted by Gasteiger charge is -2.15. The number of H-pyrrole nitrogens is 1. The summed E-state index contributed by atoms with van der Waals surface area (Å²) < 4.78 is 14.3. The fraction of sp³-hybridized carbons (Fsp3) is 0.165. The van der Waals surface area contributed by atoms with Gasteiger partial charge >= 0.3 is 0 Å². The van der Waals surface area contributed by atoms with Crippen LogP contribution in [0.15, 0.2) is 338 Å². The normalized spacial score (nSPS) is 12.3. The molecule has 1 heterocycles. The molecule has 7 amide bonds.